The van der Waals surface area contributed by atoms with E-state index in [1.807, 2.05) is 12.1 Å². The van der Waals surface area contributed by atoms with Crippen LogP contribution >= 0.6 is 0 Å². The summed E-state index contributed by atoms with van der Waals surface area (Å²) in [6, 6.07) is 7.73. The van der Waals surface area contributed by atoms with Crippen molar-refractivity contribution >= 4 is 5.84 Å². The fourth-order valence-electron chi connectivity index (χ4n) is 2.84. The van der Waals surface area contributed by atoms with Gasteiger partial charge in [0.25, 0.3) is 0 Å². The van der Waals surface area contributed by atoms with Gasteiger partial charge in [-0.15, -0.1) is 0 Å². The van der Waals surface area contributed by atoms with Crippen LogP contribution in [0, 0.1) is 0 Å². The Balaban J connectivity index is 1.93. The molecule has 4 nitrogen and oxygen atoms in total. The van der Waals surface area contributed by atoms with E-state index in [2.05, 4.69) is 21.3 Å². The Bertz CT molecular complexity index is 452. The number of nitrogens with one attached hydrogen (secondary N) is 1. The molecule has 0 radical (unpaired) electrons. The van der Waals surface area contributed by atoms with Gasteiger partial charge in [0.15, 0.2) is 0 Å². The Morgan fingerprint density at radius 1 is 1.28 bits per heavy atom. The second kappa shape index (κ2) is 4.98. The number of hydrogen-bond donors (Lipinski definition) is 2. The summed E-state index contributed by atoms with van der Waals surface area (Å²) in [6.07, 6.45) is 2.51. The number of aliphatic imine (C=N–C) groups is 1. The van der Waals surface area contributed by atoms with E-state index in [1.54, 1.807) is 6.07 Å². The SMILES string of the molecule is Oc1cccc(C(C2=NCCN2)N2CCCC2)c1. The minimum absolute atomic E-state index is 0.182. The van der Waals surface area contributed by atoms with E-state index >= 15 is 0 Å². The zero-order valence-electron chi connectivity index (χ0n) is 10.5. The summed E-state index contributed by atoms with van der Waals surface area (Å²) < 4.78 is 0. The molecule has 0 spiro atoms. The van der Waals surface area contributed by atoms with E-state index in [1.165, 1.54) is 12.8 Å². The number of amidine groups is 1. The molecule has 0 bridgehead atoms. The highest BCUT2D eigenvalue weighted by molar-refractivity contribution is 5.89. The molecule has 1 atom stereocenters. The molecule has 18 heavy (non-hydrogen) atoms. The smallest absolute Gasteiger partial charge is 0.119 e. The molecule has 96 valence electrons. The maximum atomic E-state index is 9.67. The van der Waals surface area contributed by atoms with E-state index in [0.717, 1.165) is 37.6 Å². The first-order valence-electron chi connectivity index (χ1n) is 6.66. The summed E-state index contributed by atoms with van der Waals surface area (Å²) >= 11 is 0. The van der Waals surface area contributed by atoms with Gasteiger partial charge < -0.3 is 10.4 Å². The molecule has 2 heterocycles. The third-order valence-electron chi connectivity index (χ3n) is 3.65. The second-order valence-electron chi connectivity index (χ2n) is 4.93. The van der Waals surface area contributed by atoms with Gasteiger partial charge in [-0.3, -0.25) is 9.89 Å². The average molecular weight is 245 g/mol. The van der Waals surface area contributed by atoms with Gasteiger partial charge in [0.2, 0.25) is 0 Å². The molecule has 2 aliphatic heterocycles. The Morgan fingerprint density at radius 2 is 2.11 bits per heavy atom. The van der Waals surface area contributed by atoms with Crippen LogP contribution in [0.1, 0.15) is 24.4 Å². The lowest BCUT2D eigenvalue weighted by Crippen LogP contribution is -2.37. The van der Waals surface area contributed by atoms with Crippen LogP contribution in [0.4, 0.5) is 0 Å². The Labute approximate surface area is 107 Å². The highest BCUT2D eigenvalue weighted by Crippen LogP contribution is 2.28. The normalized spacial score (nSPS) is 21.7. The van der Waals surface area contributed by atoms with Crippen molar-refractivity contribution in [2.45, 2.75) is 18.9 Å². The minimum Gasteiger partial charge on any atom is -0.508 e. The van der Waals surface area contributed by atoms with Crippen LogP contribution in [0.5, 0.6) is 5.75 Å². The van der Waals surface area contributed by atoms with Crippen molar-refractivity contribution in [1.82, 2.24) is 10.2 Å². The molecule has 0 aromatic heterocycles. The number of aromatic hydroxyl groups is 1. The van der Waals surface area contributed by atoms with Crippen LogP contribution in [0.15, 0.2) is 29.3 Å². The standard InChI is InChI=1S/C14H19N3O/c18-12-5-3-4-11(10-12)13(14-15-6-7-16-14)17-8-1-2-9-17/h3-5,10,13,18H,1-2,6-9H2,(H,15,16). The fourth-order valence-corrected chi connectivity index (χ4v) is 2.84. The van der Waals surface area contributed by atoms with Crippen molar-refractivity contribution in [3.63, 3.8) is 0 Å². The van der Waals surface area contributed by atoms with Crippen molar-refractivity contribution in [3.8, 4) is 5.75 Å². The van der Waals surface area contributed by atoms with E-state index in [9.17, 15) is 5.11 Å². The van der Waals surface area contributed by atoms with Crippen molar-refractivity contribution in [2.24, 2.45) is 4.99 Å². The highest BCUT2D eigenvalue weighted by atomic mass is 16.3. The predicted octanol–water partition coefficient (Wildman–Crippen LogP) is 1.53. The third kappa shape index (κ3) is 2.20. The Hall–Kier alpha value is -1.55. The number of benzene rings is 1. The number of phenols is 1. The maximum Gasteiger partial charge on any atom is 0.119 e. The van der Waals surface area contributed by atoms with Gasteiger partial charge >= 0.3 is 0 Å². The zero-order valence-corrected chi connectivity index (χ0v) is 10.5. The molecule has 4 heteroatoms. The average Bonchev–Trinajstić information content (AvgIpc) is 3.02. The minimum atomic E-state index is 0.182. The molecule has 1 aromatic rings. The van der Waals surface area contributed by atoms with E-state index in [0.29, 0.717) is 5.75 Å². The largest absolute Gasteiger partial charge is 0.508 e. The van der Waals surface area contributed by atoms with Gasteiger partial charge in [-0.1, -0.05) is 12.1 Å². The van der Waals surface area contributed by atoms with Crippen molar-refractivity contribution in [1.29, 1.82) is 0 Å². The van der Waals surface area contributed by atoms with Crippen LogP contribution < -0.4 is 5.32 Å². The fraction of sp³-hybridized carbons (Fsp3) is 0.500. The molecular weight excluding hydrogens is 226 g/mol. The van der Waals surface area contributed by atoms with E-state index < -0.39 is 0 Å². The van der Waals surface area contributed by atoms with Gasteiger partial charge in [-0.2, -0.15) is 0 Å². The first-order valence-corrected chi connectivity index (χ1v) is 6.66. The first kappa shape index (κ1) is 11.5. The number of hydrogen-bond acceptors (Lipinski definition) is 4. The lowest BCUT2D eigenvalue weighted by Gasteiger charge is -2.28. The number of rotatable bonds is 3. The van der Waals surface area contributed by atoms with Gasteiger partial charge in [-0.25, -0.2) is 0 Å². The summed E-state index contributed by atoms with van der Waals surface area (Å²) in [6.45, 7) is 4.01. The highest BCUT2D eigenvalue weighted by Gasteiger charge is 2.29. The summed E-state index contributed by atoms with van der Waals surface area (Å²) in [5, 5.41) is 13.0. The van der Waals surface area contributed by atoms with Gasteiger partial charge in [-0.05, 0) is 43.6 Å². The first-order chi connectivity index (χ1) is 8.84. The summed E-state index contributed by atoms with van der Waals surface area (Å²) in [5.74, 6) is 1.39. The Morgan fingerprint density at radius 3 is 2.78 bits per heavy atom. The molecule has 1 saturated heterocycles. The van der Waals surface area contributed by atoms with E-state index in [4.69, 9.17) is 0 Å². The molecule has 2 N–H and O–H groups in total. The zero-order chi connectivity index (χ0) is 12.4. The van der Waals surface area contributed by atoms with E-state index in [-0.39, 0.29) is 6.04 Å². The summed E-state index contributed by atoms with van der Waals surface area (Å²) in [4.78, 5) is 7.02. The molecule has 1 unspecified atom stereocenters. The predicted molar refractivity (Wildman–Crippen MR) is 72.0 cm³/mol. The number of likely N-dealkylation sites (tertiary alicyclic amines) is 1. The van der Waals surface area contributed by atoms with Gasteiger partial charge in [0.1, 0.15) is 11.6 Å². The Kier molecular flexibility index (Phi) is 3.19. The van der Waals surface area contributed by atoms with Crippen LogP contribution in [0.25, 0.3) is 0 Å². The lowest BCUT2D eigenvalue weighted by molar-refractivity contribution is 0.300. The molecule has 0 amide bonds. The molecule has 1 aromatic carbocycles. The van der Waals surface area contributed by atoms with Crippen LogP contribution in [-0.4, -0.2) is 42.0 Å². The number of phenolic OH excluding ortho intramolecular Hbond substituents is 1. The second-order valence-corrected chi connectivity index (χ2v) is 4.93. The van der Waals surface area contributed by atoms with Crippen LogP contribution in [0.2, 0.25) is 0 Å². The monoisotopic (exact) mass is 245 g/mol. The molecule has 1 fully saturated rings. The molecule has 3 rings (SSSR count). The van der Waals surface area contributed by atoms with Crippen molar-refractivity contribution < 1.29 is 5.11 Å². The maximum absolute atomic E-state index is 9.67. The summed E-state index contributed by atoms with van der Waals surface area (Å²) in [7, 11) is 0. The summed E-state index contributed by atoms with van der Waals surface area (Å²) in [5.41, 5.74) is 1.13. The van der Waals surface area contributed by atoms with Gasteiger partial charge in [0, 0.05) is 6.54 Å². The molecule has 0 saturated carbocycles. The van der Waals surface area contributed by atoms with Crippen LogP contribution in [0.3, 0.4) is 0 Å². The quantitative estimate of drug-likeness (QED) is 0.849. The topological polar surface area (TPSA) is 47.9 Å². The molecular formula is C14H19N3O. The third-order valence-corrected chi connectivity index (χ3v) is 3.65. The molecule has 2 aliphatic rings. The molecule has 0 aliphatic carbocycles. The van der Waals surface area contributed by atoms with Crippen molar-refractivity contribution in [2.75, 3.05) is 26.2 Å². The van der Waals surface area contributed by atoms with Crippen LogP contribution in [-0.2, 0) is 0 Å². The number of nitrogens with zero attached hydrogens (tertiary/aromatic N) is 2. The lowest BCUT2D eigenvalue weighted by atomic mass is 10.0. The van der Waals surface area contributed by atoms with Crippen molar-refractivity contribution in [3.05, 3.63) is 29.8 Å². The van der Waals surface area contributed by atoms with Gasteiger partial charge in [0.05, 0.1) is 12.6 Å².